The van der Waals surface area contributed by atoms with Gasteiger partial charge in [0.2, 0.25) is 0 Å². The number of esters is 1. The van der Waals surface area contributed by atoms with Gasteiger partial charge in [0.15, 0.2) is 5.69 Å². The van der Waals surface area contributed by atoms with Gasteiger partial charge in [-0.05, 0) is 18.4 Å². The molecule has 0 saturated carbocycles. The summed E-state index contributed by atoms with van der Waals surface area (Å²) in [4.78, 5) is 11.7. The number of nitrogens with zero attached hydrogens (tertiary/aromatic N) is 1. The monoisotopic (exact) mass is 238 g/mol. The molecule has 0 radical (unpaired) electrons. The molecule has 1 aromatic heterocycles. The molecule has 5 nitrogen and oxygen atoms in total. The Balaban J connectivity index is 1.92. The minimum Gasteiger partial charge on any atom is -0.455 e. The highest BCUT2D eigenvalue weighted by Crippen LogP contribution is 2.12. The van der Waals surface area contributed by atoms with E-state index in [1.807, 2.05) is 0 Å². The molecule has 1 aliphatic heterocycles. The molecular weight excluding hydrogens is 220 g/mol. The van der Waals surface area contributed by atoms with Gasteiger partial charge in [-0.3, -0.25) is 5.10 Å². The molecule has 1 atom stereocenters. The predicted molar refractivity (Wildman–Crippen MR) is 61.8 cm³/mol. The number of carbonyl (C=O) groups is 1. The molecule has 0 spiro atoms. The zero-order valence-electron chi connectivity index (χ0n) is 10.2. The summed E-state index contributed by atoms with van der Waals surface area (Å²) in [5.41, 5.74) is 1.32. The average Bonchev–Trinajstić information content (AvgIpc) is 2.87. The molecule has 1 saturated heterocycles. The Labute approximate surface area is 100 Å². The van der Waals surface area contributed by atoms with Crippen molar-refractivity contribution >= 4 is 5.97 Å². The Morgan fingerprint density at radius 1 is 1.71 bits per heavy atom. The number of ether oxygens (including phenoxy) is 2. The second-order valence-corrected chi connectivity index (χ2v) is 4.77. The molecule has 0 aliphatic carbocycles. The number of H-pyrrole nitrogens is 1. The van der Waals surface area contributed by atoms with E-state index in [2.05, 4.69) is 24.0 Å². The molecule has 1 aromatic rings. The fourth-order valence-corrected chi connectivity index (χ4v) is 1.83. The van der Waals surface area contributed by atoms with Gasteiger partial charge in [-0.1, -0.05) is 13.8 Å². The Bertz CT molecular complexity index is 381. The van der Waals surface area contributed by atoms with Crippen molar-refractivity contribution in [2.45, 2.75) is 32.8 Å². The highest BCUT2D eigenvalue weighted by Gasteiger charge is 2.22. The van der Waals surface area contributed by atoms with Gasteiger partial charge in [-0.2, -0.15) is 5.10 Å². The summed E-state index contributed by atoms with van der Waals surface area (Å²) >= 11 is 0. The summed E-state index contributed by atoms with van der Waals surface area (Å²) in [6.45, 7) is 5.40. The smallest absolute Gasteiger partial charge is 0.359 e. The average molecular weight is 238 g/mol. The zero-order valence-corrected chi connectivity index (χ0v) is 10.2. The summed E-state index contributed by atoms with van der Waals surface area (Å²) < 4.78 is 10.4. The van der Waals surface area contributed by atoms with Gasteiger partial charge in [0.25, 0.3) is 0 Å². The molecule has 1 fully saturated rings. The first-order chi connectivity index (χ1) is 8.15. The lowest BCUT2D eigenvalue weighted by atomic mass is 10.1. The van der Waals surface area contributed by atoms with Gasteiger partial charge in [-0.15, -0.1) is 0 Å². The molecule has 2 heterocycles. The number of rotatable bonds is 4. The van der Waals surface area contributed by atoms with Crippen molar-refractivity contribution < 1.29 is 14.3 Å². The van der Waals surface area contributed by atoms with Crippen LogP contribution in [0, 0.1) is 5.92 Å². The first kappa shape index (κ1) is 12.1. The van der Waals surface area contributed by atoms with Crippen molar-refractivity contribution in [3.05, 3.63) is 17.5 Å². The Kier molecular flexibility index (Phi) is 3.78. The van der Waals surface area contributed by atoms with Crippen molar-refractivity contribution in [3.8, 4) is 0 Å². The van der Waals surface area contributed by atoms with E-state index in [1.165, 1.54) is 0 Å². The van der Waals surface area contributed by atoms with Crippen LogP contribution in [-0.4, -0.2) is 35.5 Å². The zero-order chi connectivity index (χ0) is 12.3. The standard InChI is InChI=1S/C12H18N2O3/c1-8(2)5-9-6-11(14-13-9)12(15)17-10-3-4-16-7-10/h6,8,10H,3-5,7H2,1-2H3,(H,13,14)/t10-/m0/s1. The maximum Gasteiger partial charge on any atom is 0.359 e. The largest absolute Gasteiger partial charge is 0.455 e. The van der Waals surface area contributed by atoms with Gasteiger partial charge < -0.3 is 9.47 Å². The Morgan fingerprint density at radius 2 is 2.53 bits per heavy atom. The minimum absolute atomic E-state index is 0.118. The summed E-state index contributed by atoms with van der Waals surface area (Å²) in [7, 11) is 0. The fraction of sp³-hybridized carbons (Fsp3) is 0.667. The molecule has 1 N–H and O–H groups in total. The van der Waals surface area contributed by atoms with Crippen LogP contribution >= 0.6 is 0 Å². The molecule has 2 rings (SSSR count). The summed E-state index contributed by atoms with van der Waals surface area (Å²) in [5.74, 6) is 0.161. The number of aromatic nitrogens is 2. The molecular formula is C12H18N2O3. The van der Waals surface area contributed by atoms with Crippen LogP contribution in [0.15, 0.2) is 6.07 Å². The number of hydrogen-bond donors (Lipinski definition) is 1. The predicted octanol–water partition coefficient (Wildman–Crippen LogP) is 1.55. The molecule has 0 aromatic carbocycles. The van der Waals surface area contributed by atoms with E-state index in [0.29, 0.717) is 24.8 Å². The normalized spacial score (nSPS) is 19.8. The Morgan fingerprint density at radius 3 is 3.18 bits per heavy atom. The van der Waals surface area contributed by atoms with E-state index in [9.17, 15) is 4.79 Å². The van der Waals surface area contributed by atoms with Crippen LogP contribution in [0.3, 0.4) is 0 Å². The van der Waals surface area contributed by atoms with Gasteiger partial charge in [0.1, 0.15) is 6.10 Å². The molecule has 1 aliphatic rings. The lowest BCUT2D eigenvalue weighted by Gasteiger charge is -2.07. The van der Waals surface area contributed by atoms with Crippen LogP contribution < -0.4 is 0 Å². The maximum absolute atomic E-state index is 11.7. The van der Waals surface area contributed by atoms with Crippen molar-refractivity contribution in [2.75, 3.05) is 13.2 Å². The molecule has 5 heteroatoms. The van der Waals surface area contributed by atoms with Crippen LogP contribution in [0.2, 0.25) is 0 Å². The number of hydrogen-bond acceptors (Lipinski definition) is 4. The molecule has 17 heavy (non-hydrogen) atoms. The third-order valence-electron chi connectivity index (χ3n) is 2.63. The first-order valence-electron chi connectivity index (χ1n) is 5.98. The third-order valence-corrected chi connectivity index (χ3v) is 2.63. The van der Waals surface area contributed by atoms with Crippen molar-refractivity contribution in [3.63, 3.8) is 0 Å². The van der Waals surface area contributed by atoms with Crippen molar-refractivity contribution in [1.29, 1.82) is 0 Å². The summed E-state index contributed by atoms with van der Waals surface area (Å²) in [6.07, 6.45) is 1.54. The van der Waals surface area contributed by atoms with Crippen LogP contribution in [0.25, 0.3) is 0 Å². The highest BCUT2D eigenvalue weighted by molar-refractivity contribution is 5.87. The number of nitrogens with one attached hydrogen (secondary N) is 1. The lowest BCUT2D eigenvalue weighted by molar-refractivity contribution is 0.0264. The van der Waals surface area contributed by atoms with Crippen molar-refractivity contribution in [2.24, 2.45) is 5.92 Å². The summed E-state index contributed by atoms with van der Waals surface area (Å²) in [6, 6.07) is 1.76. The van der Waals surface area contributed by atoms with E-state index < -0.39 is 0 Å². The molecule has 0 unspecified atom stereocenters. The van der Waals surface area contributed by atoms with Gasteiger partial charge in [-0.25, -0.2) is 4.79 Å². The summed E-state index contributed by atoms with van der Waals surface area (Å²) in [5, 5.41) is 6.83. The topological polar surface area (TPSA) is 64.2 Å². The second-order valence-electron chi connectivity index (χ2n) is 4.77. The number of carbonyl (C=O) groups excluding carboxylic acids is 1. The van der Waals surface area contributed by atoms with E-state index in [1.54, 1.807) is 6.07 Å². The maximum atomic E-state index is 11.7. The molecule has 94 valence electrons. The Hall–Kier alpha value is -1.36. The fourth-order valence-electron chi connectivity index (χ4n) is 1.83. The third kappa shape index (κ3) is 3.30. The van der Waals surface area contributed by atoms with Crippen LogP contribution in [0.1, 0.15) is 36.5 Å². The van der Waals surface area contributed by atoms with Crippen LogP contribution in [0.5, 0.6) is 0 Å². The van der Waals surface area contributed by atoms with E-state index in [0.717, 1.165) is 18.5 Å². The lowest BCUT2D eigenvalue weighted by Crippen LogP contribution is -2.18. The van der Waals surface area contributed by atoms with Crippen LogP contribution in [0.4, 0.5) is 0 Å². The number of aromatic amines is 1. The van der Waals surface area contributed by atoms with Gasteiger partial charge in [0.05, 0.1) is 13.2 Å². The van der Waals surface area contributed by atoms with E-state index in [4.69, 9.17) is 9.47 Å². The van der Waals surface area contributed by atoms with E-state index >= 15 is 0 Å². The van der Waals surface area contributed by atoms with Gasteiger partial charge in [0, 0.05) is 12.1 Å². The first-order valence-corrected chi connectivity index (χ1v) is 5.98. The van der Waals surface area contributed by atoms with Crippen molar-refractivity contribution in [1.82, 2.24) is 10.2 Å². The molecule has 0 amide bonds. The second kappa shape index (κ2) is 5.31. The van der Waals surface area contributed by atoms with E-state index in [-0.39, 0.29) is 12.1 Å². The molecule has 0 bridgehead atoms. The SMILES string of the molecule is CC(C)Cc1cc(C(=O)O[C@H]2CCOC2)n[nH]1. The highest BCUT2D eigenvalue weighted by atomic mass is 16.6. The van der Waals surface area contributed by atoms with Crippen LogP contribution in [-0.2, 0) is 15.9 Å². The minimum atomic E-state index is -0.369. The van der Waals surface area contributed by atoms with Gasteiger partial charge >= 0.3 is 5.97 Å². The quantitative estimate of drug-likeness (QED) is 0.808.